The Hall–Kier alpha value is -3.70. The van der Waals surface area contributed by atoms with Gasteiger partial charge in [0.15, 0.2) is 0 Å². The normalized spacial score (nSPS) is 12.0. The summed E-state index contributed by atoms with van der Waals surface area (Å²) in [5, 5.41) is 20.2. The predicted molar refractivity (Wildman–Crippen MR) is 174 cm³/mol. The molecule has 7 heteroatoms. The summed E-state index contributed by atoms with van der Waals surface area (Å²) in [6, 6.07) is 34.0. The first-order chi connectivity index (χ1) is 21.2. The predicted octanol–water partition coefficient (Wildman–Crippen LogP) is 8.48. The van der Waals surface area contributed by atoms with E-state index in [1.54, 1.807) is 12.3 Å². The molecule has 6 aromatic rings. The average molecular weight is 787 g/mol. The second-order valence-electron chi connectivity index (χ2n) is 12.0. The van der Waals surface area contributed by atoms with Crippen LogP contribution in [-0.2, 0) is 33.9 Å². The zero-order valence-electron chi connectivity index (χ0n) is 25.6. The molecule has 0 bridgehead atoms. The van der Waals surface area contributed by atoms with Crippen molar-refractivity contribution in [2.75, 3.05) is 6.61 Å². The number of pyridine rings is 1. The first-order valence-electron chi connectivity index (χ1n) is 14.8. The van der Waals surface area contributed by atoms with Gasteiger partial charge in [0.1, 0.15) is 0 Å². The SMILES string of the molecule is CC(C)(C)C(O)CCO.Fc1c[c-]c(-c2ccc(CCc3ccc(-n4c5ccccc5c5ccccc54)cc3)cn2)c(F)c1.[Pt]. The van der Waals surface area contributed by atoms with Crippen LogP contribution in [0.5, 0.6) is 0 Å². The molecule has 0 spiro atoms. The van der Waals surface area contributed by atoms with Crippen LogP contribution in [0, 0.1) is 23.1 Å². The molecule has 4 aromatic carbocycles. The third-order valence-corrected chi connectivity index (χ3v) is 7.82. The summed E-state index contributed by atoms with van der Waals surface area (Å²) in [6.45, 7) is 5.92. The molecule has 0 saturated carbocycles. The number of nitrogens with zero attached hydrogens (tertiary/aromatic N) is 2. The zero-order valence-corrected chi connectivity index (χ0v) is 27.9. The van der Waals surface area contributed by atoms with E-state index in [4.69, 9.17) is 5.11 Å². The molecule has 0 amide bonds. The summed E-state index contributed by atoms with van der Waals surface area (Å²) in [5.74, 6) is -1.30. The Balaban J connectivity index is 0.000000405. The number of aliphatic hydroxyl groups excluding tert-OH is 2. The molecule has 0 aliphatic carbocycles. The van der Waals surface area contributed by atoms with E-state index >= 15 is 0 Å². The Morgan fingerprint density at radius 1 is 0.822 bits per heavy atom. The second kappa shape index (κ2) is 15.1. The van der Waals surface area contributed by atoms with Crippen LogP contribution in [0.2, 0.25) is 0 Å². The molecule has 0 radical (unpaired) electrons. The van der Waals surface area contributed by atoms with E-state index in [-0.39, 0.29) is 44.8 Å². The summed E-state index contributed by atoms with van der Waals surface area (Å²) in [5.41, 5.74) is 6.35. The third-order valence-electron chi connectivity index (χ3n) is 7.82. The first-order valence-corrected chi connectivity index (χ1v) is 14.8. The number of benzene rings is 4. The minimum Gasteiger partial charge on any atom is -0.396 e. The molecule has 2 aromatic heterocycles. The van der Waals surface area contributed by atoms with Crippen molar-refractivity contribution in [1.29, 1.82) is 0 Å². The van der Waals surface area contributed by atoms with Gasteiger partial charge in [-0.3, -0.25) is 8.78 Å². The van der Waals surface area contributed by atoms with Gasteiger partial charge < -0.3 is 19.8 Å². The van der Waals surface area contributed by atoms with E-state index < -0.39 is 11.6 Å². The summed E-state index contributed by atoms with van der Waals surface area (Å²) in [6.07, 6.45) is 3.52. The summed E-state index contributed by atoms with van der Waals surface area (Å²) < 4.78 is 29.4. The molecular formula is C38H37F2N2O2Pt-. The maximum Gasteiger partial charge on any atom is 0.0610 e. The van der Waals surface area contributed by atoms with Gasteiger partial charge in [-0.2, -0.15) is 0 Å². The number of hydrogen-bond acceptors (Lipinski definition) is 3. The fourth-order valence-corrected chi connectivity index (χ4v) is 5.22. The number of fused-ring (bicyclic) bond motifs is 3. The van der Waals surface area contributed by atoms with Gasteiger partial charge in [-0.25, -0.2) is 0 Å². The van der Waals surface area contributed by atoms with Gasteiger partial charge in [-0.15, -0.1) is 12.1 Å². The van der Waals surface area contributed by atoms with Crippen LogP contribution in [0.15, 0.2) is 103 Å². The Morgan fingerprint density at radius 2 is 1.40 bits per heavy atom. The van der Waals surface area contributed by atoms with Crippen LogP contribution in [0.1, 0.15) is 38.3 Å². The average Bonchev–Trinajstić information content (AvgIpc) is 3.35. The molecule has 2 heterocycles. The molecule has 45 heavy (non-hydrogen) atoms. The van der Waals surface area contributed by atoms with E-state index in [0.29, 0.717) is 12.1 Å². The van der Waals surface area contributed by atoms with Crippen molar-refractivity contribution in [3.8, 4) is 16.9 Å². The quantitative estimate of drug-likeness (QED) is 0.160. The van der Waals surface area contributed by atoms with Crippen molar-refractivity contribution in [2.24, 2.45) is 5.41 Å². The number of rotatable bonds is 7. The molecule has 2 N–H and O–H groups in total. The van der Waals surface area contributed by atoms with Crippen LogP contribution in [-0.4, -0.2) is 32.5 Å². The van der Waals surface area contributed by atoms with Crippen molar-refractivity contribution < 1.29 is 40.1 Å². The van der Waals surface area contributed by atoms with E-state index in [1.165, 1.54) is 27.4 Å². The number of aromatic nitrogens is 2. The van der Waals surface area contributed by atoms with Crippen molar-refractivity contribution in [1.82, 2.24) is 9.55 Å². The fraction of sp³-hybridized carbons (Fsp3) is 0.237. The van der Waals surface area contributed by atoms with Gasteiger partial charge in [-0.05, 0) is 65.8 Å². The number of halogens is 2. The zero-order chi connectivity index (χ0) is 31.3. The molecule has 4 nitrogen and oxygen atoms in total. The van der Waals surface area contributed by atoms with Crippen LogP contribution in [0.3, 0.4) is 0 Å². The molecule has 0 aliphatic heterocycles. The summed E-state index contributed by atoms with van der Waals surface area (Å²) in [4.78, 5) is 4.36. The van der Waals surface area contributed by atoms with Gasteiger partial charge in [-0.1, -0.05) is 93.1 Å². The Kier molecular flexibility index (Phi) is 11.4. The third kappa shape index (κ3) is 8.12. The Morgan fingerprint density at radius 3 is 1.91 bits per heavy atom. The molecule has 1 unspecified atom stereocenters. The minimum atomic E-state index is -0.659. The van der Waals surface area contributed by atoms with Crippen molar-refractivity contribution >= 4 is 21.8 Å². The molecule has 6 rings (SSSR count). The van der Waals surface area contributed by atoms with E-state index in [2.05, 4.69) is 88.4 Å². The molecule has 0 aliphatic rings. The number of aliphatic hydroxyl groups is 2. The van der Waals surface area contributed by atoms with E-state index in [9.17, 15) is 13.9 Å². The Bertz CT molecular complexity index is 1790. The Labute approximate surface area is 277 Å². The monoisotopic (exact) mass is 786 g/mol. The molecule has 0 saturated heterocycles. The van der Waals surface area contributed by atoms with E-state index in [0.717, 1.165) is 36.2 Å². The van der Waals surface area contributed by atoms with Crippen LogP contribution < -0.4 is 0 Å². The van der Waals surface area contributed by atoms with Crippen LogP contribution in [0.4, 0.5) is 8.78 Å². The first kappa shape index (κ1) is 34.2. The van der Waals surface area contributed by atoms with Crippen molar-refractivity contribution in [2.45, 2.75) is 46.1 Å². The van der Waals surface area contributed by atoms with Gasteiger partial charge in [0.2, 0.25) is 0 Å². The topological polar surface area (TPSA) is 58.3 Å². The molecule has 1 atom stereocenters. The number of hydrogen-bond donors (Lipinski definition) is 2. The van der Waals surface area contributed by atoms with Gasteiger partial charge in [0.25, 0.3) is 0 Å². The molecular weight excluding hydrogens is 750 g/mol. The molecule has 236 valence electrons. The standard InChI is InChI=1S/C31H21F2N2.C7H16O2.Pt/c32-23-14-17-27(28(33)19-23)29-18-13-22(20-34-29)10-9-21-11-15-24(16-12-21)35-30-7-3-1-5-25(30)26-6-2-4-8-31(26)35;1-7(2,3)6(9)4-5-8;/h1-8,11-16,18-20H,9-10H2;6,8-9H,4-5H2,1-3H3;/q-1;;. The van der Waals surface area contributed by atoms with Crippen molar-refractivity contribution in [3.63, 3.8) is 0 Å². The van der Waals surface area contributed by atoms with Crippen LogP contribution in [0.25, 0.3) is 38.8 Å². The fourth-order valence-electron chi connectivity index (χ4n) is 5.22. The minimum absolute atomic E-state index is 0. The van der Waals surface area contributed by atoms with Crippen molar-refractivity contribution in [3.05, 3.63) is 132 Å². The smallest absolute Gasteiger partial charge is 0.0610 e. The summed E-state index contributed by atoms with van der Waals surface area (Å²) >= 11 is 0. The summed E-state index contributed by atoms with van der Waals surface area (Å²) in [7, 11) is 0. The largest absolute Gasteiger partial charge is 0.396 e. The second-order valence-corrected chi connectivity index (χ2v) is 12.0. The van der Waals surface area contributed by atoms with Gasteiger partial charge >= 0.3 is 0 Å². The maximum atomic E-state index is 14.0. The number of aryl methyl sites for hydroxylation is 2. The van der Waals surface area contributed by atoms with Gasteiger partial charge in [0.05, 0.1) is 17.1 Å². The molecule has 0 fully saturated rings. The number of para-hydroxylation sites is 2. The van der Waals surface area contributed by atoms with E-state index in [1.807, 2.05) is 26.8 Å². The van der Waals surface area contributed by atoms with Gasteiger partial charge in [0, 0.05) is 62.0 Å². The maximum absolute atomic E-state index is 14.0. The van der Waals surface area contributed by atoms with Crippen LogP contribution >= 0.6 is 0 Å².